The smallest absolute Gasteiger partial charge is 0.257 e. The molecule has 0 aromatic carbocycles. The summed E-state index contributed by atoms with van der Waals surface area (Å²) in [6.45, 7) is 4.70. The van der Waals surface area contributed by atoms with E-state index in [1.165, 1.54) is 12.8 Å². The Balaban J connectivity index is 1.52. The second-order valence-electron chi connectivity index (χ2n) is 6.96. The van der Waals surface area contributed by atoms with Gasteiger partial charge in [0.2, 0.25) is 0 Å². The van der Waals surface area contributed by atoms with E-state index in [1.807, 2.05) is 23.6 Å². The Morgan fingerprint density at radius 1 is 1.32 bits per heavy atom. The molecule has 2 aromatic rings. The van der Waals surface area contributed by atoms with Crippen LogP contribution in [0.5, 0.6) is 0 Å². The predicted molar refractivity (Wildman–Crippen MR) is 98.6 cm³/mol. The Bertz CT molecular complexity index is 731. The summed E-state index contributed by atoms with van der Waals surface area (Å²) in [6.07, 6.45) is 4.70. The molecule has 1 fully saturated rings. The summed E-state index contributed by atoms with van der Waals surface area (Å²) >= 11 is 1.66. The number of amides is 1. The van der Waals surface area contributed by atoms with Crippen molar-refractivity contribution in [2.75, 3.05) is 19.6 Å². The Morgan fingerprint density at radius 3 is 2.84 bits per heavy atom. The van der Waals surface area contributed by atoms with Crippen molar-refractivity contribution in [1.29, 1.82) is 0 Å². The minimum atomic E-state index is -0.136. The van der Waals surface area contributed by atoms with Gasteiger partial charge in [-0.05, 0) is 55.4 Å². The molecule has 2 aliphatic rings. The minimum Gasteiger partial charge on any atom is -0.467 e. The third-order valence-corrected chi connectivity index (χ3v) is 6.00. The number of carbonyl (C=O) groups is 1. The Hall–Kier alpha value is -1.92. The molecule has 6 heteroatoms. The molecule has 0 N–H and O–H groups in total. The summed E-state index contributed by atoms with van der Waals surface area (Å²) in [5, 5.41) is 8.36. The van der Waals surface area contributed by atoms with Crippen LogP contribution in [0.2, 0.25) is 0 Å². The van der Waals surface area contributed by atoms with Crippen molar-refractivity contribution in [2.24, 2.45) is 11.0 Å². The fraction of sp³-hybridized carbons (Fsp3) is 0.474. The van der Waals surface area contributed by atoms with Crippen LogP contribution in [0.15, 0.2) is 45.4 Å². The van der Waals surface area contributed by atoms with Gasteiger partial charge in [0.15, 0.2) is 0 Å². The fourth-order valence-electron chi connectivity index (χ4n) is 3.52. The molecule has 25 heavy (non-hydrogen) atoms. The van der Waals surface area contributed by atoms with Crippen molar-refractivity contribution < 1.29 is 9.21 Å². The van der Waals surface area contributed by atoms with E-state index < -0.39 is 0 Å². The van der Waals surface area contributed by atoms with Crippen LogP contribution in [0.4, 0.5) is 0 Å². The lowest BCUT2D eigenvalue weighted by Crippen LogP contribution is -2.41. The zero-order chi connectivity index (χ0) is 17.2. The first-order valence-corrected chi connectivity index (χ1v) is 9.78. The van der Waals surface area contributed by atoms with Crippen LogP contribution in [0.3, 0.4) is 0 Å². The third-order valence-electron chi connectivity index (χ3n) is 5.08. The number of hydrogen-bond acceptors (Lipinski definition) is 5. The normalized spacial score (nSPS) is 22.4. The average molecular weight is 357 g/mol. The van der Waals surface area contributed by atoms with Crippen LogP contribution in [0.25, 0.3) is 0 Å². The summed E-state index contributed by atoms with van der Waals surface area (Å²) in [7, 11) is 0. The molecule has 132 valence electrons. The highest BCUT2D eigenvalue weighted by Gasteiger charge is 2.35. The molecular weight excluding hydrogens is 334 g/mol. The van der Waals surface area contributed by atoms with Crippen LogP contribution in [0.1, 0.15) is 42.9 Å². The topological polar surface area (TPSA) is 49.1 Å². The monoisotopic (exact) mass is 357 g/mol. The van der Waals surface area contributed by atoms with Gasteiger partial charge in [0.25, 0.3) is 5.91 Å². The molecule has 0 spiro atoms. The molecule has 4 heterocycles. The lowest BCUT2D eigenvalue weighted by atomic mass is 9.99. The molecule has 0 unspecified atom stereocenters. The molecule has 5 nitrogen and oxygen atoms in total. The maximum absolute atomic E-state index is 13.0. The summed E-state index contributed by atoms with van der Waals surface area (Å²) in [4.78, 5) is 16.3. The van der Waals surface area contributed by atoms with E-state index in [0.717, 1.165) is 35.4 Å². The molecule has 0 bridgehead atoms. The third kappa shape index (κ3) is 3.55. The van der Waals surface area contributed by atoms with Crippen molar-refractivity contribution in [2.45, 2.75) is 32.2 Å². The van der Waals surface area contributed by atoms with E-state index in [1.54, 1.807) is 22.6 Å². The highest BCUT2D eigenvalue weighted by molar-refractivity contribution is 7.12. The fourth-order valence-corrected chi connectivity index (χ4v) is 4.24. The van der Waals surface area contributed by atoms with E-state index in [2.05, 4.69) is 23.0 Å². The second kappa shape index (κ2) is 7.14. The van der Waals surface area contributed by atoms with Gasteiger partial charge in [0.1, 0.15) is 11.8 Å². The SMILES string of the molecule is CC1CCN(CC(=O)N2N=C(c3cccs3)C[C@H]2c2ccco2)CC1. The van der Waals surface area contributed by atoms with Crippen LogP contribution in [-0.4, -0.2) is 41.2 Å². The van der Waals surface area contributed by atoms with Gasteiger partial charge in [0, 0.05) is 6.42 Å². The van der Waals surface area contributed by atoms with Gasteiger partial charge in [-0.2, -0.15) is 5.10 Å². The maximum atomic E-state index is 13.0. The molecule has 2 aromatic heterocycles. The van der Waals surface area contributed by atoms with E-state index in [0.29, 0.717) is 13.0 Å². The number of furan rings is 1. The van der Waals surface area contributed by atoms with Gasteiger partial charge in [-0.1, -0.05) is 13.0 Å². The number of piperidine rings is 1. The molecule has 4 rings (SSSR count). The van der Waals surface area contributed by atoms with Crippen LogP contribution < -0.4 is 0 Å². The summed E-state index contributed by atoms with van der Waals surface area (Å²) in [5.41, 5.74) is 0.969. The Kier molecular flexibility index (Phi) is 4.72. The molecule has 0 aliphatic carbocycles. The van der Waals surface area contributed by atoms with Crippen LogP contribution in [0, 0.1) is 5.92 Å². The average Bonchev–Trinajstić information content (AvgIpc) is 3.36. The van der Waals surface area contributed by atoms with Gasteiger partial charge in [0.05, 0.1) is 23.4 Å². The van der Waals surface area contributed by atoms with Gasteiger partial charge in [-0.25, -0.2) is 5.01 Å². The van der Waals surface area contributed by atoms with Crippen molar-refractivity contribution in [3.8, 4) is 0 Å². The number of hydrogen-bond donors (Lipinski definition) is 0. The van der Waals surface area contributed by atoms with E-state index >= 15 is 0 Å². The molecule has 2 aliphatic heterocycles. The molecule has 1 amide bonds. The molecular formula is C19H23N3O2S. The molecule has 0 saturated carbocycles. The van der Waals surface area contributed by atoms with Crippen molar-refractivity contribution in [3.05, 3.63) is 46.5 Å². The van der Waals surface area contributed by atoms with Gasteiger partial charge < -0.3 is 4.42 Å². The minimum absolute atomic E-state index is 0.0579. The second-order valence-corrected chi connectivity index (χ2v) is 7.90. The maximum Gasteiger partial charge on any atom is 0.257 e. The number of hydrazone groups is 1. The number of carbonyl (C=O) groups excluding carboxylic acids is 1. The first-order valence-electron chi connectivity index (χ1n) is 8.90. The van der Waals surface area contributed by atoms with Crippen LogP contribution in [-0.2, 0) is 4.79 Å². The number of likely N-dealkylation sites (tertiary alicyclic amines) is 1. The van der Waals surface area contributed by atoms with Gasteiger partial charge >= 0.3 is 0 Å². The van der Waals surface area contributed by atoms with Gasteiger partial charge in [-0.3, -0.25) is 9.69 Å². The summed E-state index contributed by atoms with van der Waals surface area (Å²) < 4.78 is 5.59. The Morgan fingerprint density at radius 2 is 2.16 bits per heavy atom. The zero-order valence-corrected chi connectivity index (χ0v) is 15.2. The van der Waals surface area contributed by atoms with E-state index in [-0.39, 0.29) is 11.9 Å². The predicted octanol–water partition coefficient (Wildman–Crippen LogP) is 3.75. The molecule has 0 radical (unpaired) electrons. The van der Waals surface area contributed by atoms with Crippen molar-refractivity contribution >= 4 is 23.0 Å². The Labute approximate surface area is 151 Å². The van der Waals surface area contributed by atoms with Gasteiger partial charge in [-0.15, -0.1) is 11.3 Å². The first-order chi connectivity index (χ1) is 12.2. The van der Waals surface area contributed by atoms with Crippen LogP contribution >= 0.6 is 11.3 Å². The quantitative estimate of drug-likeness (QED) is 0.837. The number of nitrogens with zero attached hydrogens (tertiary/aromatic N) is 3. The highest BCUT2D eigenvalue weighted by Crippen LogP contribution is 2.34. The zero-order valence-electron chi connectivity index (χ0n) is 14.4. The molecule has 1 saturated heterocycles. The van der Waals surface area contributed by atoms with Crippen molar-refractivity contribution in [3.63, 3.8) is 0 Å². The summed E-state index contributed by atoms with van der Waals surface area (Å²) in [6, 6.07) is 7.74. The first kappa shape index (κ1) is 16.5. The number of thiophene rings is 1. The van der Waals surface area contributed by atoms with E-state index in [9.17, 15) is 4.79 Å². The lowest BCUT2D eigenvalue weighted by Gasteiger charge is -2.31. The largest absolute Gasteiger partial charge is 0.467 e. The molecule has 1 atom stereocenters. The van der Waals surface area contributed by atoms with E-state index in [4.69, 9.17) is 4.42 Å². The standard InChI is InChI=1S/C19H23N3O2S/c1-14-6-8-21(9-7-14)13-19(23)22-16(17-4-2-10-24-17)12-15(20-22)18-5-3-11-25-18/h2-5,10-11,14,16H,6-9,12-13H2,1H3/t16-/m0/s1. The number of rotatable bonds is 4. The highest BCUT2D eigenvalue weighted by atomic mass is 32.1. The summed E-state index contributed by atoms with van der Waals surface area (Å²) in [5.74, 6) is 1.62. The van der Waals surface area contributed by atoms with Crippen molar-refractivity contribution in [1.82, 2.24) is 9.91 Å². The lowest BCUT2D eigenvalue weighted by molar-refractivity contribution is -0.134.